The molecule has 64 valence electrons. The highest BCUT2D eigenvalue weighted by Crippen LogP contribution is 2.32. The maximum atomic E-state index is 10.6. The number of halogens is 3. The third-order valence-electron chi connectivity index (χ3n) is 1.27. The van der Waals surface area contributed by atoms with Crippen molar-refractivity contribution in [3.63, 3.8) is 0 Å². The molecule has 1 heterocycles. The quantitative estimate of drug-likeness (QED) is 0.613. The average molecular weight is 218 g/mol. The number of hydrogen-bond acceptors (Lipinski definition) is 2. The Morgan fingerprint density at radius 1 is 1.55 bits per heavy atom. The van der Waals surface area contributed by atoms with E-state index in [0.29, 0.717) is 0 Å². The Bertz CT molecular complexity index is 158. The zero-order chi connectivity index (χ0) is 8.48. The van der Waals surface area contributed by atoms with Gasteiger partial charge < -0.3 is 10.1 Å². The van der Waals surface area contributed by atoms with E-state index in [-0.39, 0.29) is 19.1 Å². The molecule has 0 saturated carbocycles. The van der Waals surface area contributed by atoms with Gasteiger partial charge in [-0.2, -0.15) is 0 Å². The van der Waals surface area contributed by atoms with Crippen LogP contribution in [0.4, 0.5) is 0 Å². The van der Waals surface area contributed by atoms with Gasteiger partial charge in [0.05, 0.1) is 0 Å². The second kappa shape index (κ2) is 3.35. The van der Waals surface area contributed by atoms with Gasteiger partial charge in [-0.25, -0.2) is 0 Å². The van der Waals surface area contributed by atoms with Crippen LogP contribution in [0, 0.1) is 0 Å². The van der Waals surface area contributed by atoms with Crippen LogP contribution in [0.15, 0.2) is 0 Å². The van der Waals surface area contributed by atoms with Crippen molar-refractivity contribution in [2.24, 2.45) is 0 Å². The number of rotatable bonds is 0. The van der Waals surface area contributed by atoms with Crippen molar-refractivity contribution in [2.75, 3.05) is 13.2 Å². The van der Waals surface area contributed by atoms with E-state index in [9.17, 15) is 4.79 Å². The van der Waals surface area contributed by atoms with E-state index in [1.807, 2.05) is 0 Å². The molecular formula is C5H6Cl3NO2. The fourth-order valence-corrected chi connectivity index (χ4v) is 1.12. The molecule has 1 fully saturated rings. The maximum absolute atomic E-state index is 10.6. The van der Waals surface area contributed by atoms with E-state index in [0.717, 1.165) is 0 Å². The lowest BCUT2D eigenvalue weighted by atomic mass is 10.3. The molecule has 1 amide bonds. The highest BCUT2D eigenvalue weighted by molar-refractivity contribution is 6.68. The molecule has 1 aliphatic heterocycles. The van der Waals surface area contributed by atoms with Gasteiger partial charge in [0.15, 0.2) is 0 Å². The summed E-state index contributed by atoms with van der Waals surface area (Å²) in [6, 6.07) is 0. The normalized spacial score (nSPS) is 26.5. The number of amides is 1. The van der Waals surface area contributed by atoms with Crippen LogP contribution in [-0.4, -0.2) is 29.0 Å². The Balaban J connectivity index is 2.45. The smallest absolute Gasteiger partial charge is 0.246 e. The van der Waals surface area contributed by atoms with Crippen molar-refractivity contribution in [1.82, 2.24) is 5.32 Å². The van der Waals surface area contributed by atoms with Crippen LogP contribution >= 0.6 is 34.8 Å². The van der Waals surface area contributed by atoms with Gasteiger partial charge in [0.2, 0.25) is 9.70 Å². The topological polar surface area (TPSA) is 38.3 Å². The molecule has 1 rings (SSSR count). The summed E-state index contributed by atoms with van der Waals surface area (Å²) in [5, 5.41) is 2.52. The Morgan fingerprint density at radius 3 is 2.55 bits per heavy atom. The largest absolute Gasteiger partial charge is 0.362 e. The summed E-state index contributed by atoms with van der Waals surface area (Å²) in [4.78, 5) is 10.6. The lowest BCUT2D eigenvalue weighted by Crippen LogP contribution is -2.48. The van der Waals surface area contributed by atoms with Crippen LogP contribution in [0.2, 0.25) is 0 Å². The number of nitrogens with one attached hydrogen (secondary N) is 1. The summed E-state index contributed by atoms with van der Waals surface area (Å²) in [6.07, 6.45) is -0.551. The van der Waals surface area contributed by atoms with E-state index >= 15 is 0 Å². The summed E-state index contributed by atoms with van der Waals surface area (Å²) < 4.78 is 3.48. The molecule has 0 aromatic heterocycles. The summed E-state index contributed by atoms with van der Waals surface area (Å²) in [5.74, 6) is -0.185. The molecule has 3 nitrogen and oxygen atoms in total. The van der Waals surface area contributed by atoms with Crippen molar-refractivity contribution >= 4 is 40.7 Å². The Labute approximate surface area is 78.9 Å². The van der Waals surface area contributed by atoms with Crippen LogP contribution in [0.1, 0.15) is 0 Å². The molecule has 0 aliphatic carbocycles. The maximum Gasteiger partial charge on any atom is 0.246 e. The zero-order valence-electron chi connectivity index (χ0n) is 5.44. The second-order valence-corrected chi connectivity index (χ2v) is 4.51. The molecule has 1 atom stereocenters. The molecule has 11 heavy (non-hydrogen) atoms. The zero-order valence-corrected chi connectivity index (χ0v) is 7.71. The molecule has 6 heteroatoms. The van der Waals surface area contributed by atoms with E-state index in [4.69, 9.17) is 39.5 Å². The standard InChI is InChI=1S/C5H6Cl3NO2/c6-5(7,8)3-1-9-4(10)2-11-3/h3H,1-2H2,(H,9,10)/t3-/m1/s1. The monoisotopic (exact) mass is 217 g/mol. The molecule has 0 aromatic carbocycles. The van der Waals surface area contributed by atoms with Crippen molar-refractivity contribution < 1.29 is 9.53 Å². The van der Waals surface area contributed by atoms with E-state index < -0.39 is 9.90 Å². The molecular weight excluding hydrogens is 212 g/mol. The van der Waals surface area contributed by atoms with Gasteiger partial charge in [-0.15, -0.1) is 0 Å². The number of morpholine rings is 1. The van der Waals surface area contributed by atoms with Gasteiger partial charge in [0.1, 0.15) is 12.7 Å². The summed E-state index contributed by atoms with van der Waals surface area (Å²) in [5.41, 5.74) is 0. The minimum atomic E-state index is -1.46. The molecule has 0 aromatic rings. The van der Waals surface area contributed by atoms with Crippen molar-refractivity contribution in [3.8, 4) is 0 Å². The van der Waals surface area contributed by atoms with Crippen LogP contribution in [0.3, 0.4) is 0 Å². The second-order valence-electron chi connectivity index (χ2n) is 2.15. The third-order valence-corrected chi connectivity index (χ3v) is 2.00. The van der Waals surface area contributed by atoms with Crippen molar-refractivity contribution in [3.05, 3.63) is 0 Å². The lowest BCUT2D eigenvalue weighted by Gasteiger charge is -2.28. The minimum absolute atomic E-state index is 0.0431. The third kappa shape index (κ3) is 2.67. The molecule has 1 aliphatic rings. The molecule has 0 bridgehead atoms. The molecule has 1 N–H and O–H groups in total. The molecule has 0 radical (unpaired) electrons. The lowest BCUT2D eigenvalue weighted by molar-refractivity contribution is -0.132. The van der Waals surface area contributed by atoms with Gasteiger partial charge in [-0.05, 0) is 0 Å². The fraction of sp³-hybridized carbons (Fsp3) is 0.800. The number of carbonyl (C=O) groups excluding carboxylic acids is 1. The predicted octanol–water partition coefficient (Wildman–Crippen LogP) is 0.872. The average Bonchev–Trinajstić information content (AvgIpc) is 1.86. The fourth-order valence-electron chi connectivity index (χ4n) is 0.703. The molecule has 1 saturated heterocycles. The number of ether oxygens (including phenoxy) is 1. The highest BCUT2D eigenvalue weighted by atomic mass is 35.6. The van der Waals surface area contributed by atoms with E-state index in [1.165, 1.54) is 0 Å². The summed E-state index contributed by atoms with van der Waals surface area (Å²) >= 11 is 16.5. The first-order valence-electron chi connectivity index (χ1n) is 2.95. The van der Waals surface area contributed by atoms with Crippen molar-refractivity contribution in [2.45, 2.75) is 9.90 Å². The first-order valence-corrected chi connectivity index (χ1v) is 4.08. The summed E-state index contributed by atoms with van der Waals surface area (Å²) in [7, 11) is 0. The van der Waals surface area contributed by atoms with Gasteiger partial charge in [0, 0.05) is 6.54 Å². The summed E-state index contributed by atoms with van der Waals surface area (Å²) in [6.45, 7) is 0.202. The van der Waals surface area contributed by atoms with Crippen LogP contribution in [0.5, 0.6) is 0 Å². The Kier molecular flexibility index (Phi) is 2.86. The van der Waals surface area contributed by atoms with E-state index in [2.05, 4.69) is 5.32 Å². The van der Waals surface area contributed by atoms with Gasteiger partial charge in [0.25, 0.3) is 0 Å². The number of carbonyl (C=O) groups is 1. The van der Waals surface area contributed by atoms with Crippen molar-refractivity contribution in [1.29, 1.82) is 0 Å². The first kappa shape index (κ1) is 9.39. The number of hydrogen-bond donors (Lipinski definition) is 1. The van der Waals surface area contributed by atoms with Crippen LogP contribution in [0.25, 0.3) is 0 Å². The molecule has 0 spiro atoms. The van der Waals surface area contributed by atoms with Gasteiger partial charge in [-0.1, -0.05) is 34.8 Å². The molecule has 0 unspecified atom stereocenters. The van der Waals surface area contributed by atoms with E-state index in [1.54, 1.807) is 0 Å². The minimum Gasteiger partial charge on any atom is -0.362 e. The Hall–Kier alpha value is 0.300. The van der Waals surface area contributed by atoms with Gasteiger partial charge in [-0.3, -0.25) is 4.79 Å². The van der Waals surface area contributed by atoms with Gasteiger partial charge >= 0.3 is 0 Å². The number of alkyl halides is 3. The predicted molar refractivity (Wildman–Crippen MR) is 43.0 cm³/mol. The SMILES string of the molecule is O=C1CO[C@@H](C(Cl)(Cl)Cl)CN1. The first-order chi connectivity index (χ1) is 5.00. The Morgan fingerprint density at radius 2 is 2.18 bits per heavy atom. The van der Waals surface area contributed by atoms with Crippen LogP contribution in [-0.2, 0) is 9.53 Å². The van der Waals surface area contributed by atoms with Crippen LogP contribution < -0.4 is 5.32 Å². The highest BCUT2D eigenvalue weighted by Gasteiger charge is 2.36.